The quantitative estimate of drug-likeness (QED) is 0.820. The Hall–Kier alpha value is -0.820. The molecule has 0 fully saturated rings. The molecule has 0 saturated heterocycles. The molecule has 19 heavy (non-hydrogen) atoms. The summed E-state index contributed by atoms with van der Waals surface area (Å²) in [5.41, 5.74) is 4.94. The molecule has 1 aliphatic carbocycles. The number of benzene rings is 1. The molecule has 0 amide bonds. The van der Waals surface area contributed by atoms with Crippen molar-refractivity contribution in [2.45, 2.75) is 59.9 Å². The highest BCUT2D eigenvalue weighted by Crippen LogP contribution is 2.28. The molecule has 1 aromatic rings. The van der Waals surface area contributed by atoms with Crippen LogP contribution in [-0.2, 0) is 12.8 Å². The molecule has 1 unspecified atom stereocenters. The molecule has 1 N–H and O–H groups in total. The van der Waals surface area contributed by atoms with E-state index in [9.17, 15) is 0 Å². The lowest BCUT2D eigenvalue weighted by atomic mass is 9.81. The average Bonchev–Trinajstić information content (AvgIpc) is 2.82. The van der Waals surface area contributed by atoms with Gasteiger partial charge in [-0.3, -0.25) is 0 Å². The lowest BCUT2D eigenvalue weighted by Crippen LogP contribution is -2.34. The maximum Gasteiger partial charge on any atom is 0.0292 e. The number of rotatable bonds is 5. The van der Waals surface area contributed by atoms with Crippen LogP contribution >= 0.6 is 0 Å². The molecular formula is C18H29N. The van der Waals surface area contributed by atoms with Crippen LogP contribution in [0.25, 0.3) is 0 Å². The Morgan fingerprint density at radius 3 is 2.47 bits per heavy atom. The summed E-state index contributed by atoms with van der Waals surface area (Å²) in [6.07, 6.45) is 3.88. The van der Waals surface area contributed by atoms with Crippen LogP contribution in [0.5, 0.6) is 0 Å². The van der Waals surface area contributed by atoms with E-state index in [1.165, 1.54) is 24.8 Å². The van der Waals surface area contributed by atoms with Gasteiger partial charge in [-0.05, 0) is 54.2 Å². The first kappa shape index (κ1) is 14.6. The van der Waals surface area contributed by atoms with Gasteiger partial charge < -0.3 is 5.32 Å². The Labute approximate surface area is 118 Å². The van der Waals surface area contributed by atoms with Gasteiger partial charge in [-0.15, -0.1) is 0 Å². The van der Waals surface area contributed by atoms with Crippen LogP contribution in [0.2, 0.25) is 0 Å². The van der Waals surface area contributed by atoms with E-state index in [0.29, 0.717) is 17.4 Å². The van der Waals surface area contributed by atoms with E-state index in [1.54, 1.807) is 11.1 Å². The van der Waals surface area contributed by atoms with Gasteiger partial charge in [0.05, 0.1) is 0 Å². The van der Waals surface area contributed by atoms with Gasteiger partial charge in [0, 0.05) is 12.6 Å². The van der Waals surface area contributed by atoms with Crippen LogP contribution in [0.15, 0.2) is 18.2 Å². The van der Waals surface area contributed by atoms with Crippen molar-refractivity contribution in [1.29, 1.82) is 0 Å². The lowest BCUT2D eigenvalue weighted by Gasteiger charge is -2.31. The molecule has 106 valence electrons. The molecule has 1 aromatic carbocycles. The van der Waals surface area contributed by atoms with Crippen LogP contribution in [0.4, 0.5) is 0 Å². The average molecular weight is 259 g/mol. The minimum Gasteiger partial charge on any atom is -0.310 e. The van der Waals surface area contributed by atoms with Crippen molar-refractivity contribution in [1.82, 2.24) is 5.32 Å². The second-order valence-corrected chi connectivity index (χ2v) is 7.13. The van der Waals surface area contributed by atoms with Crippen LogP contribution < -0.4 is 5.32 Å². The van der Waals surface area contributed by atoms with E-state index in [1.807, 2.05) is 0 Å². The Morgan fingerprint density at radius 2 is 1.79 bits per heavy atom. The highest BCUT2D eigenvalue weighted by Gasteiger charge is 2.23. The normalized spacial score (nSPS) is 16.7. The minimum atomic E-state index is 0.352. The van der Waals surface area contributed by atoms with Crippen molar-refractivity contribution < 1.29 is 0 Å². The summed E-state index contributed by atoms with van der Waals surface area (Å²) in [6, 6.07) is 7.51. The van der Waals surface area contributed by atoms with Crippen molar-refractivity contribution in [3.63, 3.8) is 0 Å². The monoisotopic (exact) mass is 259 g/mol. The predicted molar refractivity (Wildman–Crippen MR) is 83.5 cm³/mol. The van der Waals surface area contributed by atoms with Crippen LogP contribution in [0.1, 0.15) is 63.8 Å². The number of fused-ring (bicyclic) bond motifs is 1. The third-order valence-electron chi connectivity index (χ3n) is 5.05. The van der Waals surface area contributed by atoms with E-state index in [2.05, 4.69) is 58.1 Å². The predicted octanol–water partition coefficient (Wildman–Crippen LogP) is 4.51. The number of hydrogen-bond donors (Lipinski definition) is 1. The summed E-state index contributed by atoms with van der Waals surface area (Å²) >= 11 is 0. The van der Waals surface area contributed by atoms with Crippen molar-refractivity contribution >= 4 is 0 Å². The van der Waals surface area contributed by atoms with Gasteiger partial charge in [-0.25, -0.2) is 0 Å². The first-order valence-corrected chi connectivity index (χ1v) is 7.75. The summed E-state index contributed by atoms with van der Waals surface area (Å²) < 4.78 is 0. The first-order valence-electron chi connectivity index (χ1n) is 7.75. The van der Waals surface area contributed by atoms with E-state index < -0.39 is 0 Å². The Kier molecular flexibility index (Phi) is 4.35. The third kappa shape index (κ3) is 3.39. The first-order chi connectivity index (χ1) is 8.90. The smallest absolute Gasteiger partial charge is 0.0292 e. The fourth-order valence-electron chi connectivity index (χ4n) is 2.60. The molecule has 2 rings (SSSR count). The topological polar surface area (TPSA) is 12.0 Å². The molecule has 0 heterocycles. The Bertz CT molecular complexity index is 431. The SMILES string of the molecule is CC(NCC(C)(C)C(C)C)c1ccc2c(c1)CCC2. The van der Waals surface area contributed by atoms with Gasteiger partial charge in [0.25, 0.3) is 0 Å². The molecule has 1 heteroatoms. The van der Waals surface area contributed by atoms with E-state index in [-0.39, 0.29) is 0 Å². The van der Waals surface area contributed by atoms with Crippen molar-refractivity contribution in [2.75, 3.05) is 6.54 Å². The van der Waals surface area contributed by atoms with Crippen molar-refractivity contribution in [2.24, 2.45) is 11.3 Å². The molecule has 0 saturated carbocycles. The Morgan fingerprint density at radius 1 is 1.11 bits per heavy atom. The lowest BCUT2D eigenvalue weighted by molar-refractivity contribution is 0.230. The highest BCUT2D eigenvalue weighted by molar-refractivity contribution is 5.36. The van der Waals surface area contributed by atoms with Gasteiger partial charge in [-0.1, -0.05) is 45.9 Å². The standard InChI is InChI=1S/C18H29N/c1-13(2)18(4,5)12-19-14(3)16-10-9-15-7-6-8-17(15)11-16/h9-11,13-14,19H,6-8,12H2,1-5H3. The molecule has 1 nitrogen and oxygen atoms in total. The van der Waals surface area contributed by atoms with E-state index in [0.717, 1.165) is 6.54 Å². The third-order valence-corrected chi connectivity index (χ3v) is 5.05. The fraction of sp³-hybridized carbons (Fsp3) is 0.667. The molecule has 1 atom stereocenters. The van der Waals surface area contributed by atoms with Gasteiger partial charge >= 0.3 is 0 Å². The van der Waals surface area contributed by atoms with E-state index in [4.69, 9.17) is 0 Å². The van der Waals surface area contributed by atoms with Gasteiger partial charge in [0.2, 0.25) is 0 Å². The molecule has 0 bridgehead atoms. The second-order valence-electron chi connectivity index (χ2n) is 7.13. The van der Waals surface area contributed by atoms with Crippen molar-refractivity contribution in [3.05, 3.63) is 34.9 Å². The fourth-order valence-corrected chi connectivity index (χ4v) is 2.60. The summed E-state index contributed by atoms with van der Waals surface area (Å²) in [6.45, 7) is 12.7. The molecule has 0 spiro atoms. The van der Waals surface area contributed by atoms with Gasteiger partial charge in [0.1, 0.15) is 0 Å². The molecular weight excluding hydrogens is 230 g/mol. The van der Waals surface area contributed by atoms with E-state index >= 15 is 0 Å². The molecule has 0 aliphatic heterocycles. The molecule has 1 aliphatic rings. The number of hydrogen-bond acceptors (Lipinski definition) is 1. The van der Waals surface area contributed by atoms with Crippen LogP contribution in [0, 0.1) is 11.3 Å². The van der Waals surface area contributed by atoms with Gasteiger partial charge in [-0.2, -0.15) is 0 Å². The largest absolute Gasteiger partial charge is 0.310 e. The summed E-state index contributed by atoms with van der Waals surface area (Å²) in [5.74, 6) is 0.701. The second kappa shape index (κ2) is 5.66. The number of nitrogens with one attached hydrogen (secondary N) is 1. The zero-order valence-electron chi connectivity index (χ0n) is 13.2. The van der Waals surface area contributed by atoms with Crippen LogP contribution in [0.3, 0.4) is 0 Å². The zero-order valence-corrected chi connectivity index (χ0v) is 13.2. The highest BCUT2D eigenvalue weighted by atomic mass is 14.9. The molecule has 0 aromatic heterocycles. The van der Waals surface area contributed by atoms with Crippen molar-refractivity contribution in [3.8, 4) is 0 Å². The zero-order chi connectivity index (χ0) is 14.0. The maximum atomic E-state index is 3.71. The van der Waals surface area contributed by atoms with Gasteiger partial charge in [0.15, 0.2) is 0 Å². The summed E-state index contributed by atoms with van der Waals surface area (Å²) in [4.78, 5) is 0. The number of aryl methyl sites for hydroxylation is 2. The molecule has 0 radical (unpaired) electrons. The summed E-state index contributed by atoms with van der Waals surface area (Å²) in [7, 11) is 0. The maximum absolute atomic E-state index is 3.71. The Balaban J connectivity index is 1.99. The minimum absolute atomic E-state index is 0.352. The van der Waals surface area contributed by atoms with Crippen LogP contribution in [-0.4, -0.2) is 6.54 Å². The summed E-state index contributed by atoms with van der Waals surface area (Å²) in [5, 5.41) is 3.71.